The molecule has 1 amide bonds. The van der Waals surface area contributed by atoms with Gasteiger partial charge in [-0.3, -0.25) is 14.5 Å². The first-order valence-corrected chi connectivity index (χ1v) is 12.4. The molecule has 0 bridgehead atoms. The maximum atomic E-state index is 13.3. The molecule has 184 valence electrons. The lowest BCUT2D eigenvalue weighted by Crippen LogP contribution is -2.39. The van der Waals surface area contributed by atoms with Crippen LogP contribution in [0.5, 0.6) is 0 Å². The molecule has 1 fully saturated rings. The van der Waals surface area contributed by atoms with Crippen LogP contribution in [0.2, 0.25) is 0 Å². The van der Waals surface area contributed by atoms with E-state index in [2.05, 4.69) is 18.7 Å². The van der Waals surface area contributed by atoms with Gasteiger partial charge in [-0.25, -0.2) is 0 Å². The highest BCUT2D eigenvalue weighted by molar-refractivity contribution is 6.14. The van der Waals surface area contributed by atoms with Crippen molar-refractivity contribution in [1.82, 2.24) is 9.80 Å². The van der Waals surface area contributed by atoms with E-state index in [1.165, 1.54) is 11.6 Å². The smallest absolute Gasteiger partial charge is 0.290 e. The number of hydrogen-bond donors (Lipinski definition) is 1. The van der Waals surface area contributed by atoms with Crippen LogP contribution in [0.15, 0.2) is 72.0 Å². The standard InChI is InChI=1S/C29H34N2O4/c1-21(2)23-10-12-24(13-11-23)27-26(25(32)14-9-22-7-4-3-5-8-22)28(33)29(34)31(27)16-6-15-30-17-19-35-20-18-30/h3-5,7-14,21,27,33H,6,15-20H2,1-2H3/b14-9+. The highest BCUT2D eigenvalue weighted by Crippen LogP contribution is 2.38. The van der Waals surface area contributed by atoms with Gasteiger partial charge in [0, 0.05) is 26.2 Å². The summed E-state index contributed by atoms with van der Waals surface area (Å²) in [6.45, 7) is 8.75. The van der Waals surface area contributed by atoms with Gasteiger partial charge in [0.25, 0.3) is 5.91 Å². The molecule has 2 aliphatic rings. The summed E-state index contributed by atoms with van der Waals surface area (Å²) in [5.41, 5.74) is 3.04. The van der Waals surface area contributed by atoms with Crippen molar-refractivity contribution in [2.75, 3.05) is 39.4 Å². The summed E-state index contributed by atoms with van der Waals surface area (Å²) in [5, 5.41) is 10.8. The van der Waals surface area contributed by atoms with Crippen molar-refractivity contribution < 1.29 is 19.4 Å². The van der Waals surface area contributed by atoms with Crippen LogP contribution in [0.4, 0.5) is 0 Å². The third-order valence-electron chi connectivity index (χ3n) is 6.69. The molecule has 2 heterocycles. The molecular weight excluding hydrogens is 440 g/mol. The first-order chi connectivity index (χ1) is 17.0. The zero-order valence-corrected chi connectivity index (χ0v) is 20.5. The molecule has 2 aromatic rings. The van der Waals surface area contributed by atoms with Gasteiger partial charge in [0.15, 0.2) is 11.5 Å². The van der Waals surface area contributed by atoms with E-state index in [0.717, 1.165) is 50.4 Å². The lowest BCUT2D eigenvalue weighted by molar-refractivity contribution is -0.129. The van der Waals surface area contributed by atoms with Gasteiger partial charge in [0.1, 0.15) is 0 Å². The third kappa shape index (κ3) is 5.89. The van der Waals surface area contributed by atoms with Gasteiger partial charge in [-0.1, -0.05) is 74.5 Å². The summed E-state index contributed by atoms with van der Waals surface area (Å²) in [6, 6.07) is 16.9. The molecule has 4 rings (SSSR count). The van der Waals surface area contributed by atoms with Gasteiger partial charge in [-0.2, -0.15) is 0 Å². The van der Waals surface area contributed by atoms with Gasteiger partial charge in [0.05, 0.1) is 24.8 Å². The summed E-state index contributed by atoms with van der Waals surface area (Å²) < 4.78 is 5.42. The molecule has 1 unspecified atom stereocenters. The second-order valence-electron chi connectivity index (χ2n) is 9.40. The summed E-state index contributed by atoms with van der Waals surface area (Å²) in [6.07, 6.45) is 3.91. The van der Waals surface area contributed by atoms with Crippen molar-refractivity contribution in [3.8, 4) is 0 Å². The average molecular weight is 475 g/mol. The lowest BCUT2D eigenvalue weighted by atomic mass is 9.93. The zero-order valence-electron chi connectivity index (χ0n) is 20.5. The first kappa shape index (κ1) is 24.9. The molecule has 0 saturated carbocycles. The van der Waals surface area contributed by atoms with Crippen molar-refractivity contribution in [2.24, 2.45) is 0 Å². The van der Waals surface area contributed by atoms with E-state index in [1.54, 1.807) is 11.0 Å². The van der Waals surface area contributed by atoms with E-state index in [1.807, 2.05) is 54.6 Å². The number of amides is 1. The average Bonchev–Trinajstić information content (AvgIpc) is 3.13. The molecule has 0 aromatic heterocycles. The Hall–Kier alpha value is -3.22. The van der Waals surface area contributed by atoms with Crippen molar-refractivity contribution >= 4 is 17.8 Å². The second-order valence-corrected chi connectivity index (χ2v) is 9.40. The molecule has 0 aliphatic carbocycles. The fourth-order valence-electron chi connectivity index (χ4n) is 4.66. The number of ether oxygens (including phenoxy) is 1. The highest BCUT2D eigenvalue weighted by atomic mass is 16.5. The number of rotatable bonds is 9. The number of ketones is 1. The minimum atomic E-state index is -0.610. The predicted molar refractivity (Wildman–Crippen MR) is 137 cm³/mol. The van der Waals surface area contributed by atoms with Gasteiger partial charge < -0.3 is 14.7 Å². The number of morpholine rings is 1. The summed E-state index contributed by atoms with van der Waals surface area (Å²) in [5.74, 6) is -0.913. The normalized spacial score (nSPS) is 19.3. The number of aliphatic hydroxyl groups excluding tert-OH is 1. The summed E-state index contributed by atoms with van der Waals surface area (Å²) >= 11 is 0. The SMILES string of the molecule is CC(C)c1ccc(C2C(C(=O)/C=C/c3ccccc3)=C(O)C(=O)N2CCCN2CCOCC2)cc1. The van der Waals surface area contributed by atoms with Crippen LogP contribution >= 0.6 is 0 Å². The maximum absolute atomic E-state index is 13.3. The van der Waals surface area contributed by atoms with Crippen LogP contribution in [0, 0.1) is 0 Å². The topological polar surface area (TPSA) is 70.1 Å². The van der Waals surface area contributed by atoms with Gasteiger partial charge >= 0.3 is 0 Å². The fourth-order valence-corrected chi connectivity index (χ4v) is 4.66. The molecule has 0 spiro atoms. The molecular formula is C29H34N2O4. The Morgan fingerprint density at radius 1 is 1.06 bits per heavy atom. The van der Waals surface area contributed by atoms with Crippen LogP contribution in [0.3, 0.4) is 0 Å². The van der Waals surface area contributed by atoms with Crippen LogP contribution in [0.25, 0.3) is 6.08 Å². The number of nitrogens with zero attached hydrogens (tertiary/aromatic N) is 2. The Labute approximate surface area is 207 Å². The maximum Gasteiger partial charge on any atom is 0.290 e. The monoisotopic (exact) mass is 474 g/mol. The van der Waals surface area contributed by atoms with Crippen LogP contribution in [-0.4, -0.2) is 66.0 Å². The Kier molecular flexibility index (Phi) is 8.16. The van der Waals surface area contributed by atoms with Gasteiger partial charge in [-0.15, -0.1) is 0 Å². The van der Waals surface area contributed by atoms with Crippen LogP contribution in [-0.2, 0) is 14.3 Å². The molecule has 35 heavy (non-hydrogen) atoms. The molecule has 2 aliphatic heterocycles. The van der Waals surface area contributed by atoms with Crippen molar-refractivity contribution in [2.45, 2.75) is 32.2 Å². The molecule has 0 radical (unpaired) electrons. The molecule has 2 aromatic carbocycles. The van der Waals surface area contributed by atoms with Gasteiger partial charge in [0.2, 0.25) is 0 Å². The molecule has 1 saturated heterocycles. The molecule has 1 N–H and O–H groups in total. The minimum Gasteiger partial charge on any atom is -0.503 e. The van der Waals surface area contributed by atoms with Crippen molar-refractivity contribution in [3.05, 3.63) is 88.7 Å². The van der Waals surface area contributed by atoms with E-state index in [-0.39, 0.29) is 11.4 Å². The Morgan fingerprint density at radius 3 is 2.40 bits per heavy atom. The summed E-state index contributed by atoms with van der Waals surface area (Å²) in [4.78, 5) is 30.4. The zero-order chi connectivity index (χ0) is 24.8. The Bertz CT molecular complexity index is 1080. The molecule has 6 heteroatoms. The summed E-state index contributed by atoms with van der Waals surface area (Å²) in [7, 11) is 0. The second kappa shape index (κ2) is 11.5. The number of aliphatic hydroxyl groups is 1. The first-order valence-electron chi connectivity index (χ1n) is 12.4. The van der Waals surface area contributed by atoms with E-state index >= 15 is 0 Å². The Morgan fingerprint density at radius 2 is 1.74 bits per heavy atom. The highest BCUT2D eigenvalue weighted by Gasteiger charge is 2.42. The number of carbonyl (C=O) groups excluding carboxylic acids is 2. The fraction of sp³-hybridized carbons (Fsp3) is 0.379. The largest absolute Gasteiger partial charge is 0.503 e. The Balaban J connectivity index is 1.58. The van der Waals surface area contributed by atoms with Crippen molar-refractivity contribution in [1.29, 1.82) is 0 Å². The number of hydrogen-bond acceptors (Lipinski definition) is 5. The molecule has 6 nitrogen and oxygen atoms in total. The van der Waals surface area contributed by atoms with E-state index in [9.17, 15) is 14.7 Å². The number of benzene rings is 2. The lowest BCUT2D eigenvalue weighted by Gasteiger charge is -2.30. The number of carbonyl (C=O) groups is 2. The van der Waals surface area contributed by atoms with E-state index < -0.39 is 17.7 Å². The van der Waals surface area contributed by atoms with Gasteiger partial charge in [-0.05, 0) is 35.1 Å². The van der Waals surface area contributed by atoms with Crippen LogP contribution < -0.4 is 0 Å². The quantitative estimate of drug-likeness (QED) is 0.542. The van der Waals surface area contributed by atoms with Crippen molar-refractivity contribution in [3.63, 3.8) is 0 Å². The van der Waals surface area contributed by atoms with E-state index in [0.29, 0.717) is 12.5 Å². The number of allylic oxidation sites excluding steroid dienone is 1. The predicted octanol–water partition coefficient (Wildman–Crippen LogP) is 4.51. The van der Waals surface area contributed by atoms with Crippen LogP contribution in [0.1, 0.15) is 48.9 Å². The molecule has 1 atom stereocenters. The third-order valence-corrected chi connectivity index (χ3v) is 6.69. The van der Waals surface area contributed by atoms with E-state index in [4.69, 9.17) is 4.74 Å². The minimum absolute atomic E-state index is 0.144.